The zero-order chi connectivity index (χ0) is 16.2. The van der Waals surface area contributed by atoms with Crippen molar-refractivity contribution in [3.63, 3.8) is 0 Å². The van der Waals surface area contributed by atoms with Gasteiger partial charge in [0.1, 0.15) is 5.82 Å². The standard InChI is InChI=1S/C18H16FN3O/c19-17-4-2-1-3-15(17)16(10-20)18(23)22-14-6-5-13-11-21-8-7-12(13)9-14/h1-9,11,16H,10,20H2,(H,22,23). The van der Waals surface area contributed by atoms with Gasteiger partial charge in [0.15, 0.2) is 0 Å². The fraction of sp³-hybridized carbons (Fsp3) is 0.111. The molecule has 0 saturated heterocycles. The predicted molar refractivity (Wildman–Crippen MR) is 88.6 cm³/mol. The van der Waals surface area contributed by atoms with E-state index < -0.39 is 11.7 Å². The van der Waals surface area contributed by atoms with E-state index in [1.165, 1.54) is 6.07 Å². The number of benzene rings is 2. The number of nitrogens with two attached hydrogens (primary N) is 1. The first-order chi connectivity index (χ1) is 11.2. The Kier molecular flexibility index (Phi) is 4.30. The lowest BCUT2D eigenvalue weighted by Crippen LogP contribution is -2.28. The number of carbonyl (C=O) groups is 1. The zero-order valence-electron chi connectivity index (χ0n) is 12.4. The lowest BCUT2D eigenvalue weighted by molar-refractivity contribution is -0.117. The largest absolute Gasteiger partial charge is 0.329 e. The summed E-state index contributed by atoms with van der Waals surface area (Å²) in [6, 6.07) is 13.6. The molecule has 0 spiro atoms. The molecule has 0 saturated carbocycles. The lowest BCUT2D eigenvalue weighted by Gasteiger charge is -2.16. The fourth-order valence-electron chi connectivity index (χ4n) is 2.52. The van der Waals surface area contributed by atoms with Gasteiger partial charge in [-0.05, 0) is 29.7 Å². The Morgan fingerprint density at radius 3 is 2.78 bits per heavy atom. The van der Waals surface area contributed by atoms with Crippen LogP contribution in [-0.4, -0.2) is 17.4 Å². The molecule has 0 aliphatic heterocycles. The highest BCUT2D eigenvalue weighted by molar-refractivity contribution is 5.98. The molecule has 5 heteroatoms. The Morgan fingerprint density at radius 2 is 2.00 bits per heavy atom. The quantitative estimate of drug-likeness (QED) is 0.778. The van der Waals surface area contributed by atoms with Gasteiger partial charge in [0.2, 0.25) is 5.91 Å². The van der Waals surface area contributed by atoms with Crippen molar-refractivity contribution in [3.05, 3.63) is 72.3 Å². The SMILES string of the molecule is NCC(C(=O)Nc1ccc2cnccc2c1)c1ccccc1F. The van der Waals surface area contributed by atoms with Crippen molar-refractivity contribution in [2.45, 2.75) is 5.92 Å². The van der Waals surface area contributed by atoms with E-state index in [1.807, 2.05) is 18.2 Å². The summed E-state index contributed by atoms with van der Waals surface area (Å²) < 4.78 is 13.9. The summed E-state index contributed by atoms with van der Waals surface area (Å²) in [4.78, 5) is 16.5. The Balaban J connectivity index is 1.85. The van der Waals surface area contributed by atoms with Crippen molar-refractivity contribution in [1.29, 1.82) is 0 Å². The molecule has 0 aliphatic rings. The maximum Gasteiger partial charge on any atom is 0.233 e. The number of aromatic nitrogens is 1. The third-order valence-electron chi connectivity index (χ3n) is 3.74. The van der Waals surface area contributed by atoms with E-state index in [2.05, 4.69) is 10.3 Å². The van der Waals surface area contributed by atoms with E-state index in [1.54, 1.807) is 36.7 Å². The van der Waals surface area contributed by atoms with Crippen LogP contribution in [0.15, 0.2) is 60.9 Å². The number of amides is 1. The Bertz CT molecular complexity index is 850. The molecular weight excluding hydrogens is 293 g/mol. The van der Waals surface area contributed by atoms with Crippen LogP contribution in [0.5, 0.6) is 0 Å². The van der Waals surface area contributed by atoms with Crippen molar-refractivity contribution in [2.75, 3.05) is 11.9 Å². The van der Waals surface area contributed by atoms with Crippen LogP contribution in [0.3, 0.4) is 0 Å². The summed E-state index contributed by atoms with van der Waals surface area (Å²) in [5.74, 6) is -1.49. The molecule has 2 aromatic carbocycles. The molecule has 0 radical (unpaired) electrons. The smallest absolute Gasteiger partial charge is 0.233 e. The molecule has 1 heterocycles. The number of anilines is 1. The molecule has 3 rings (SSSR count). The van der Waals surface area contributed by atoms with Crippen molar-refractivity contribution in [3.8, 4) is 0 Å². The van der Waals surface area contributed by atoms with Crippen molar-refractivity contribution in [2.24, 2.45) is 5.73 Å². The normalized spacial score (nSPS) is 12.1. The second kappa shape index (κ2) is 6.54. The lowest BCUT2D eigenvalue weighted by atomic mass is 9.97. The van der Waals surface area contributed by atoms with Gasteiger partial charge in [-0.2, -0.15) is 0 Å². The minimum Gasteiger partial charge on any atom is -0.329 e. The van der Waals surface area contributed by atoms with Crippen LogP contribution in [0.25, 0.3) is 10.8 Å². The van der Waals surface area contributed by atoms with Crippen LogP contribution in [0.1, 0.15) is 11.5 Å². The van der Waals surface area contributed by atoms with Crippen LogP contribution in [0.2, 0.25) is 0 Å². The second-order valence-corrected chi connectivity index (χ2v) is 5.24. The molecule has 0 bridgehead atoms. The molecule has 0 aliphatic carbocycles. The average Bonchev–Trinajstić information content (AvgIpc) is 2.57. The molecule has 1 atom stereocenters. The molecular formula is C18H16FN3O. The van der Waals surface area contributed by atoms with E-state index in [-0.39, 0.29) is 12.5 Å². The Labute approximate surface area is 133 Å². The van der Waals surface area contributed by atoms with E-state index in [9.17, 15) is 9.18 Å². The highest BCUT2D eigenvalue weighted by Gasteiger charge is 2.22. The van der Waals surface area contributed by atoms with Crippen molar-refractivity contribution < 1.29 is 9.18 Å². The fourth-order valence-corrected chi connectivity index (χ4v) is 2.52. The van der Waals surface area contributed by atoms with Crippen LogP contribution in [0, 0.1) is 5.82 Å². The maximum atomic E-state index is 13.9. The van der Waals surface area contributed by atoms with E-state index in [4.69, 9.17) is 5.73 Å². The minimum atomic E-state index is -0.732. The van der Waals surface area contributed by atoms with Gasteiger partial charge in [0, 0.05) is 35.6 Å². The Hall–Kier alpha value is -2.79. The number of nitrogens with zero attached hydrogens (tertiary/aromatic N) is 1. The van der Waals surface area contributed by atoms with Gasteiger partial charge in [-0.3, -0.25) is 9.78 Å². The van der Waals surface area contributed by atoms with E-state index in [0.717, 1.165) is 10.8 Å². The third kappa shape index (κ3) is 3.19. The molecule has 1 unspecified atom stereocenters. The summed E-state index contributed by atoms with van der Waals surface area (Å²) in [5, 5.41) is 4.75. The topological polar surface area (TPSA) is 68.0 Å². The highest BCUT2D eigenvalue weighted by Crippen LogP contribution is 2.22. The minimum absolute atomic E-state index is 0.0320. The first kappa shape index (κ1) is 15.1. The second-order valence-electron chi connectivity index (χ2n) is 5.24. The molecule has 23 heavy (non-hydrogen) atoms. The number of rotatable bonds is 4. The monoisotopic (exact) mass is 309 g/mol. The molecule has 3 aromatic rings. The molecule has 1 amide bonds. The number of hydrogen-bond donors (Lipinski definition) is 2. The summed E-state index contributed by atoms with van der Waals surface area (Å²) in [6.45, 7) is 0.0320. The van der Waals surface area contributed by atoms with Gasteiger partial charge >= 0.3 is 0 Å². The number of halogens is 1. The summed E-state index contributed by atoms with van der Waals surface area (Å²) >= 11 is 0. The van der Waals surface area contributed by atoms with Crippen LogP contribution in [0.4, 0.5) is 10.1 Å². The number of fused-ring (bicyclic) bond motifs is 1. The zero-order valence-corrected chi connectivity index (χ0v) is 12.4. The summed E-state index contributed by atoms with van der Waals surface area (Å²) in [6.07, 6.45) is 3.44. The van der Waals surface area contributed by atoms with Crippen molar-refractivity contribution in [1.82, 2.24) is 4.98 Å². The molecule has 116 valence electrons. The highest BCUT2D eigenvalue weighted by atomic mass is 19.1. The van der Waals surface area contributed by atoms with E-state index in [0.29, 0.717) is 11.3 Å². The van der Waals surface area contributed by atoms with Gasteiger partial charge < -0.3 is 11.1 Å². The van der Waals surface area contributed by atoms with Gasteiger partial charge in [0.05, 0.1) is 5.92 Å². The number of nitrogens with one attached hydrogen (secondary N) is 1. The van der Waals surface area contributed by atoms with Crippen molar-refractivity contribution >= 4 is 22.4 Å². The van der Waals surface area contributed by atoms with Crippen LogP contribution >= 0.6 is 0 Å². The predicted octanol–water partition coefficient (Wildman–Crippen LogP) is 3.05. The van der Waals surface area contributed by atoms with Gasteiger partial charge in [-0.1, -0.05) is 24.3 Å². The van der Waals surface area contributed by atoms with Crippen LogP contribution < -0.4 is 11.1 Å². The van der Waals surface area contributed by atoms with Gasteiger partial charge in [-0.25, -0.2) is 4.39 Å². The first-order valence-corrected chi connectivity index (χ1v) is 7.28. The van der Waals surface area contributed by atoms with Crippen LogP contribution in [-0.2, 0) is 4.79 Å². The number of carbonyl (C=O) groups excluding carboxylic acids is 1. The molecule has 1 aromatic heterocycles. The third-order valence-corrected chi connectivity index (χ3v) is 3.74. The average molecular weight is 309 g/mol. The van der Waals surface area contributed by atoms with Gasteiger partial charge in [-0.15, -0.1) is 0 Å². The molecule has 4 nitrogen and oxygen atoms in total. The van der Waals surface area contributed by atoms with E-state index >= 15 is 0 Å². The number of hydrogen-bond acceptors (Lipinski definition) is 3. The van der Waals surface area contributed by atoms with Gasteiger partial charge in [0.25, 0.3) is 0 Å². The summed E-state index contributed by atoms with van der Waals surface area (Å²) in [5.41, 5.74) is 6.63. The first-order valence-electron chi connectivity index (χ1n) is 7.28. The molecule has 3 N–H and O–H groups in total. The molecule has 0 fully saturated rings. The Morgan fingerprint density at radius 1 is 1.17 bits per heavy atom. The maximum absolute atomic E-state index is 13.9. The number of pyridine rings is 1. The summed E-state index contributed by atoms with van der Waals surface area (Å²) in [7, 11) is 0.